The van der Waals surface area contributed by atoms with E-state index in [1.807, 2.05) is 20.0 Å². The number of ether oxygens (including phenoxy) is 1. The van der Waals surface area contributed by atoms with Gasteiger partial charge in [-0.3, -0.25) is 9.88 Å². The summed E-state index contributed by atoms with van der Waals surface area (Å²) in [6.07, 6.45) is 3.50. The molecular weight excluding hydrogens is 314 g/mol. The molecule has 1 aromatic heterocycles. The van der Waals surface area contributed by atoms with Gasteiger partial charge < -0.3 is 4.74 Å². The smallest absolute Gasteiger partial charge is 0.217 e. The predicted molar refractivity (Wildman–Crippen MR) is 89.1 cm³/mol. The summed E-state index contributed by atoms with van der Waals surface area (Å²) in [6, 6.07) is 0. The van der Waals surface area contributed by atoms with E-state index in [0.717, 1.165) is 55.0 Å². The van der Waals surface area contributed by atoms with Crippen molar-refractivity contribution in [3.8, 4) is 5.75 Å². The van der Waals surface area contributed by atoms with E-state index < -0.39 is 10.0 Å². The molecule has 1 aliphatic carbocycles. The van der Waals surface area contributed by atoms with Gasteiger partial charge in [-0.1, -0.05) is 0 Å². The Morgan fingerprint density at radius 3 is 2.43 bits per heavy atom. The molecule has 6 nitrogen and oxygen atoms in total. The lowest BCUT2D eigenvalue weighted by Gasteiger charge is -2.34. The van der Waals surface area contributed by atoms with Crippen LogP contribution in [0, 0.1) is 13.8 Å². The Hall–Kier alpha value is -1.18. The van der Waals surface area contributed by atoms with Gasteiger partial charge in [0, 0.05) is 50.0 Å². The highest BCUT2D eigenvalue weighted by atomic mass is 32.2. The molecule has 1 saturated heterocycles. The predicted octanol–water partition coefficient (Wildman–Crippen LogP) is 1.32. The van der Waals surface area contributed by atoms with E-state index in [2.05, 4.69) is 9.88 Å². The van der Waals surface area contributed by atoms with Crippen LogP contribution >= 0.6 is 0 Å². The fraction of sp³-hybridized carbons (Fsp3) is 0.688. The highest BCUT2D eigenvalue weighted by Crippen LogP contribution is 2.31. The lowest BCUT2D eigenvalue weighted by atomic mass is 10.1. The van der Waals surface area contributed by atoms with Gasteiger partial charge in [-0.25, -0.2) is 8.42 Å². The minimum absolute atomic E-state index is 0.112. The fourth-order valence-corrected chi connectivity index (χ4v) is 4.99. The zero-order valence-electron chi connectivity index (χ0n) is 14.1. The molecule has 1 aliphatic heterocycles. The molecule has 3 rings (SSSR count). The molecule has 0 spiro atoms. The third kappa shape index (κ3) is 3.36. The monoisotopic (exact) mass is 339 g/mol. The number of nitrogens with zero attached hydrogens (tertiary/aromatic N) is 3. The average molecular weight is 339 g/mol. The van der Waals surface area contributed by atoms with Gasteiger partial charge >= 0.3 is 0 Å². The molecule has 0 radical (unpaired) electrons. The first-order valence-electron chi connectivity index (χ1n) is 8.14. The van der Waals surface area contributed by atoms with Crippen LogP contribution in [-0.2, 0) is 16.6 Å². The number of hydrogen-bond acceptors (Lipinski definition) is 5. The Morgan fingerprint density at radius 1 is 1.22 bits per heavy atom. The van der Waals surface area contributed by atoms with E-state index in [1.165, 1.54) is 0 Å². The van der Waals surface area contributed by atoms with Gasteiger partial charge in [0.2, 0.25) is 10.0 Å². The van der Waals surface area contributed by atoms with Crippen LogP contribution in [-0.4, -0.2) is 61.1 Å². The summed E-state index contributed by atoms with van der Waals surface area (Å²) in [5.74, 6) is 0.893. The van der Waals surface area contributed by atoms with Crippen LogP contribution in [0.2, 0.25) is 0 Å². The van der Waals surface area contributed by atoms with E-state index >= 15 is 0 Å². The van der Waals surface area contributed by atoms with E-state index in [1.54, 1.807) is 11.4 Å². The minimum Gasteiger partial charge on any atom is -0.496 e. The number of hydrogen-bond donors (Lipinski definition) is 0. The molecule has 23 heavy (non-hydrogen) atoms. The summed E-state index contributed by atoms with van der Waals surface area (Å²) < 4.78 is 31.7. The zero-order valence-corrected chi connectivity index (χ0v) is 14.9. The molecule has 0 aromatic carbocycles. The molecule has 7 heteroatoms. The van der Waals surface area contributed by atoms with E-state index in [-0.39, 0.29) is 5.25 Å². The summed E-state index contributed by atoms with van der Waals surface area (Å²) in [6.45, 7) is 7.43. The fourth-order valence-electron chi connectivity index (χ4n) is 3.16. The van der Waals surface area contributed by atoms with Crippen LogP contribution in [0.3, 0.4) is 0 Å². The normalized spacial score (nSPS) is 20.7. The van der Waals surface area contributed by atoms with Gasteiger partial charge in [-0.05, 0) is 26.7 Å². The molecule has 2 aliphatic rings. The van der Waals surface area contributed by atoms with E-state index in [9.17, 15) is 8.42 Å². The lowest BCUT2D eigenvalue weighted by Crippen LogP contribution is -2.49. The molecule has 2 heterocycles. The molecule has 1 aromatic rings. The number of pyridine rings is 1. The number of methoxy groups -OCH3 is 1. The van der Waals surface area contributed by atoms with Gasteiger partial charge in [0.15, 0.2) is 0 Å². The van der Waals surface area contributed by atoms with Crippen molar-refractivity contribution >= 4 is 10.0 Å². The van der Waals surface area contributed by atoms with Crippen LogP contribution in [0.25, 0.3) is 0 Å². The van der Waals surface area contributed by atoms with Gasteiger partial charge in [0.25, 0.3) is 0 Å². The van der Waals surface area contributed by atoms with E-state index in [4.69, 9.17) is 4.74 Å². The second-order valence-electron chi connectivity index (χ2n) is 6.47. The number of sulfonamides is 1. The summed E-state index contributed by atoms with van der Waals surface area (Å²) in [5, 5.41) is -0.112. The third-order valence-corrected chi connectivity index (χ3v) is 7.16. The minimum atomic E-state index is -3.04. The molecule has 1 saturated carbocycles. The summed E-state index contributed by atoms with van der Waals surface area (Å²) in [5.41, 5.74) is 3.11. The topological polar surface area (TPSA) is 62.7 Å². The Kier molecular flexibility index (Phi) is 4.62. The van der Waals surface area contributed by atoms with Crippen molar-refractivity contribution in [1.82, 2.24) is 14.2 Å². The number of aromatic nitrogens is 1. The largest absolute Gasteiger partial charge is 0.496 e. The second-order valence-corrected chi connectivity index (χ2v) is 8.68. The van der Waals surface area contributed by atoms with Crippen LogP contribution in [0.15, 0.2) is 6.20 Å². The Morgan fingerprint density at radius 2 is 1.87 bits per heavy atom. The SMILES string of the molecule is COc1c(C)cnc(CN2CCN(S(=O)(=O)C3CC3)CC2)c1C. The van der Waals surface area contributed by atoms with E-state index in [0.29, 0.717) is 13.1 Å². The molecule has 0 unspecified atom stereocenters. The average Bonchev–Trinajstić information content (AvgIpc) is 3.36. The quantitative estimate of drug-likeness (QED) is 0.809. The van der Waals surface area contributed by atoms with Crippen molar-refractivity contribution in [3.05, 3.63) is 23.0 Å². The first-order valence-corrected chi connectivity index (χ1v) is 9.64. The van der Waals surface area contributed by atoms with Crippen molar-refractivity contribution < 1.29 is 13.2 Å². The standard InChI is InChI=1S/C16H25N3O3S/c1-12-10-17-15(13(2)16(12)22-3)11-18-6-8-19(9-7-18)23(20,21)14-4-5-14/h10,14H,4-9,11H2,1-3H3. The van der Waals surface area contributed by atoms with Crippen LogP contribution in [0.5, 0.6) is 5.75 Å². The first kappa shape index (κ1) is 16.7. The highest BCUT2D eigenvalue weighted by molar-refractivity contribution is 7.90. The maximum atomic E-state index is 12.3. The molecule has 0 N–H and O–H groups in total. The molecular formula is C16H25N3O3S. The first-order chi connectivity index (χ1) is 10.9. The molecule has 2 fully saturated rings. The molecule has 128 valence electrons. The van der Waals surface area contributed by atoms with Crippen molar-refractivity contribution in [1.29, 1.82) is 0 Å². The summed E-state index contributed by atoms with van der Waals surface area (Å²) in [4.78, 5) is 6.80. The number of piperazine rings is 1. The van der Waals surface area contributed by atoms with Crippen LogP contribution in [0.4, 0.5) is 0 Å². The zero-order chi connectivity index (χ0) is 16.6. The van der Waals surface area contributed by atoms with Crippen LogP contribution < -0.4 is 4.74 Å². The van der Waals surface area contributed by atoms with Crippen molar-refractivity contribution in [2.45, 2.75) is 38.5 Å². The van der Waals surface area contributed by atoms with Crippen molar-refractivity contribution in [2.75, 3.05) is 33.3 Å². The molecule has 0 bridgehead atoms. The maximum Gasteiger partial charge on any atom is 0.217 e. The second kappa shape index (κ2) is 6.37. The Balaban J connectivity index is 1.63. The summed E-state index contributed by atoms with van der Waals surface area (Å²) >= 11 is 0. The van der Waals surface area contributed by atoms with Crippen LogP contribution in [0.1, 0.15) is 29.7 Å². The van der Waals surface area contributed by atoms with Gasteiger partial charge in [-0.15, -0.1) is 0 Å². The lowest BCUT2D eigenvalue weighted by molar-refractivity contribution is 0.179. The Bertz CT molecular complexity index is 678. The third-order valence-electron chi connectivity index (χ3n) is 4.76. The van der Waals surface area contributed by atoms with Gasteiger partial charge in [-0.2, -0.15) is 4.31 Å². The molecule has 0 atom stereocenters. The van der Waals surface area contributed by atoms with Crippen molar-refractivity contribution in [2.24, 2.45) is 0 Å². The van der Waals surface area contributed by atoms with Crippen molar-refractivity contribution in [3.63, 3.8) is 0 Å². The molecule has 0 amide bonds. The van der Waals surface area contributed by atoms with Gasteiger partial charge in [0.1, 0.15) is 5.75 Å². The summed E-state index contributed by atoms with van der Waals surface area (Å²) in [7, 11) is -1.36. The highest BCUT2D eigenvalue weighted by Gasteiger charge is 2.40. The maximum absolute atomic E-state index is 12.3. The number of rotatable bonds is 5. The Labute approximate surface area is 138 Å². The van der Waals surface area contributed by atoms with Gasteiger partial charge in [0.05, 0.1) is 18.1 Å². The number of aryl methyl sites for hydroxylation is 1.